The third kappa shape index (κ3) is 5.02. The van der Waals surface area contributed by atoms with E-state index in [-0.39, 0.29) is 0 Å². The van der Waals surface area contributed by atoms with Crippen LogP contribution in [-0.2, 0) is 6.54 Å². The van der Waals surface area contributed by atoms with Gasteiger partial charge in [0.05, 0.1) is 18.3 Å². The van der Waals surface area contributed by atoms with Gasteiger partial charge in [0.2, 0.25) is 0 Å². The summed E-state index contributed by atoms with van der Waals surface area (Å²) in [6.45, 7) is 8.10. The summed E-state index contributed by atoms with van der Waals surface area (Å²) in [7, 11) is 2.14. The maximum atomic E-state index is 10.1. The minimum atomic E-state index is -0.637. The SMILES string of the molecule is C[C@@H](O)c1cc2cnc(CNc3ccc(N4CCN(C)CC4)nn3)nc2c(N2CCCCC2)n1. The normalized spacial score (nSPS) is 18.3. The van der Waals surface area contributed by atoms with Gasteiger partial charge < -0.3 is 25.1 Å². The van der Waals surface area contributed by atoms with E-state index in [0.717, 1.165) is 74.6 Å². The van der Waals surface area contributed by atoms with Gasteiger partial charge in [-0.2, -0.15) is 0 Å². The Morgan fingerprint density at radius 1 is 0.971 bits per heavy atom. The van der Waals surface area contributed by atoms with Gasteiger partial charge >= 0.3 is 0 Å². The van der Waals surface area contributed by atoms with E-state index in [2.05, 4.69) is 42.2 Å². The third-order valence-electron chi connectivity index (χ3n) is 6.61. The number of likely N-dealkylation sites (N-methyl/N-ethyl adjacent to an activating group) is 1. The Morgan fingerprint density at radius 3 is 2.47 bits per heavy atom. The Labute approximate surface area is 200 Å². The van der Waals surface area contributed by atoms with Gasteiger partial charge in [-0.05, 0) is 51.4 Å². The van der Waals surface area contributed by atoms with Crippen LogP contribution in [0, 0.1) is 0 Å². The number of hydrogen-bond donors (Lipinski definition) is 2. The van der Waals surface area contributed by atoms with Gasteiger partial charge in [0.25, 0.3) is 0 Å². The van der Waals surface area contributed by atoms with Crippen LogP contribution in [0.3, 0.4) is 0 Å². The van der Waals surface area contributed by atoms with Gasteiger partial charge in [-0.3, -0.25) is 0 Å². The van der Waals surface area contributed by atoms with Crippen molar-refractivity contribution in [3.8, 4) is 0 Å². The van der Waals surface area contributed by atoms with Gasteiger partial charge in [-0.25, -0.2) is 15.0 Å². The van der Waals surface area contributed by atoms with Crippen molar-refractivity contribution >= 4 is 28.4 Å². The van der Waals surface area contributed by atoms with E-state index in [1.807, 2.05) is 24.4 Å². The van der Waals surface area contributed by atoms with Crippen LogP contribution in [0.4, 0.5) is 17.5 Å². The summed E-state index contributed by atoms with van der Waals surface area (Å²) in [6.07, 6.45) is 4.71. The van der Waals surface area contributed by atoms with Crippen molar-refractivity contribution < 1.29 is 5.11 Å². The molecule has 2 aliphatic rings. The van der Waals surface area contributed by atoms with Crippen LogP contribution >= 0.6 is 0 Å². The number of pyridine rings is 1. The Bertz CT molecular complexity index is 1110. The molecule has 2 saturated heterocycles. The minimum absolute atomic E-state index is 0.441. The summed E-state index contributed by atoms with van der Waals surface area (Å²) >= 11 is 0. The maximum Gasteiger partial charge on any atom is 0.155 e. The Morgan fingerprint density at radius 2 is 1.76 bits per heavy atom. The number of nitrogens with zero attached hydrogens (tertiary/aromatic N) is 8. The maximum absolute atomic E-state index is 10.1. The van der Waals surface area contributed by atoms with E-state index in [9.17, 15) is 5.11 Å². The van der Waals surface area contributed by atoms with Crippen LogP contribution in [0.15, 0.2) is 24.4 Å². The molecule has 3 aromatic rings. The highest BCUT2D eigenvalue weighted by Gasteiger charge is 2.20. The lowest BCUT2D eigenvalue weighted by Crippen LogP contribution is -2.44. The van der Waals surface area contributed by atoms with Crippen molar-refractivity contribution in [1.29, 1.82) is 0 Å². The fourth-order valence-corrected chi connectivity index (χ4v) is 4.50. The summed E-state index contributed by atoms with van der Waals surface area (Å²) < 4.78 is 0. The minimum Gasteiger partial charge on any atom is -0.387 e. The molecule has 0 unspecified atom stereocenters. The average molecular weight is 464 g/mol. The number of hydrogen-bond acceptors (Lipinski definition) is 10. The average Bonchev–Trinajstić information content (AvgIpc) is 2.88. The first-order valence-electron chi connectivity index (χ1n) is 12.2. The lowest BCUT2D eigenvalue weighted by atomic mass is 10.1. The highest BCUT2D eigenvalue weighted by atomic mass is 16.3. The van der Waals surface area contributed by atoms with Crippen molar-refractivity contribution in [3.63, 3.8) is 0 Å². The van der Waals surface area contributed by atoms with Crippen LogP contribution in [0.5, 0.6) is 0 Å². The van der Waals surface area contributed by atoms with Crippen LogP contribution in [0.25, 0.3) is 10.9 Å². The number of rotatable bonds is 6. The zero-order valence-corrected chi connectivity index (χ0v) is 20.0. The number of piperazine rings is 1. The van der Waals surface area contributed by atoms with Crippen molar-refractivity contribution in [1.82, 2.24) is 30.0 Å². The second-order valence-corrected chi connectivity index (χ2v) is 9.24. The van der Waals surface area contributed by atoms with Gasteiger partial charge in [0.1, 0.15) is 17.2 Å². The molecule has 2 fully saturated rings. The number of aromatic nitrogens is 5. The quantitative estimate of drug-likeness (QED) is 0.565. The van der Waals surface area contributed by atoms with Crippen molar-refractivity contribution in [2.75, 3.05) is 61.4 Å². The van der Waals surface area contributed by atoms with Crippen molar-refractivity contribution in [2.45, 2.75) is 38.8 Å². The molecule has 180 valence electrons. The molecular weight excluding hydrogens is 430 g/mol. The van der Waals surface area contributed by atoms with E-state index in [0.29, 0.717) is 23.9 Å². The van der Waals surface area contributed by atoms with Gasteiger partial charge in [-0.1, -0.05) is 0 Å². The summed E-state index contributed by atoms with van der Waals surface area (Å²) in [4.78, 5) is 21.0. The van der Waals surface area contributed by atoms with Gasteiger partial charge in [0.15, 0.2) is 11.6 Å². The van der Waals surface area contributed by atoms with E-state index in [4.69, 9.17) is 9.97 Å². The molecule has 5 rings (SSSR count). The molecule has 5 heterocycles. The highest BCUT2D eigenvalue weighted by molar-refractivity contribution is 5.88. The number of nitrogens with one attached hydrogen (secondary N) is 1. The van der Waals surface area contributed by atoms with E-state index in [1.54, 1.807) is 6.92 Å². The van der Waals surface area contributed by atoms with Crippen LogP contribution < -0.4 is 15.1 Å². The molecular formula is C24H33N9O. The summed E-state index contributed by atoms with van der Waals surface area (Å²) in [5.41, 5.74) is 1.48. The number of fused-ring (bicyclic) bond motifs is 1. The van der Waals surface area contributed by atoms with Crippen LogP contribution in [0.2, 0.25) is 0 Å². The van der Waals surface area contributed by atoms with Crippen LogP contribution in [-0.4, -0.2) is 81.5 Å². The molecule has 0 radical (unpaired) electrons. The lowest BCUT2D eigenvalue weighted by Gasteiger charge is -2.32. The fraction of sp³-hybridized carbons (Fsp3) is 0.542. The first-order valence-corrected chi connectivity index (χ1v) is 12.2. The molecule has 1 atom stereocenters. The van der Waals surface area contributed by atoms with Crippen molar-refractivity contribution in [2.24, 2.45) is 0 Å². The number of aliphatic hydroxyl groups is 1. The lowest BCUT2D eigenvalue weighted by molar-refractivity contribution is 0.194. The summed E-state index contributed by atoms with van der Waals surface area (Å²) in [5.74, 6) is 3.11. The van der Waals surface area contributed by atoms with E-state index in [1.165, 1.54) is 6.42 Å². The van der Waals surface area contributed by atoms with Crippen LogP contribution in [0.1, 0.15) is 43.8 Å². The van der Waals surface area contributed by atoms with Gasteiger partial charge in [-0.15, -0.1) is 10.2 Å². The number of anilines is 3. The molecule has 2 aliphatic heterocycles. The molecule has 0 aliphatic carbocycles. The Kier molecular flexibility index (Phi) is 6.68. The molecule has 34 heavy (non-hydrogen) atoms. The zero-order chi connectivity index (χ0) is 23.5. The predicted octanol–water partition coefficient (Wildman–Crippen LogP) is 2.22. The molecule has 3 aromatic heterocycles. The Hall–Kier alpha value is -3.11. The third-order valence-corrected chi connectivity index (χ3v) is 6.61. The molecule has 10 heteroatoms. The highest BCUT2D eigenvalue weighted by Crippen LogP contribution is 2.28. The standard InChI is InChI=1S/C24H33N9O/c1-17(34)19-14-18-15-25-21(28-23(18)24(27-19)33-8-4-3-5-9-33)16-26-20-6-7-22(30-29-20)32-12-10-31(2)11-13-32/h6-7,14-15,17,34H,3-5,8-13,16H2,1-2H3,(H,26,29)/t17-/m1/s1. The van der Waals surface area contributed by atoms with E-state index < -0.39 is 6.10 Å². The largest absolute Gasteiger partial charge is 0.387 e. The molecule has 0 saturated carbocycles. The first kappa shape index (κ1) is 22.7. The van der Waals surface area contributed by atoms with E-state index >= 15 is 0 Å². The Balaban J connectivity index is 1.32. The number of aliphatic hydroxyl groups excluding tert-OH is 1. The molecule has 2 N–H and O–H groups in total. The second kappa shape index (κ2) is 10.0. The van der Waals surface area contributed by atoms with Gasteiger partial charge in [0, 0.05) is 50.9 Å². The summed E-state index contributed by atoms with van der Waals surface area (Å²) in [6, 6.07) is 5.85. The number of piperidine rings is 1. The topological polar surface area (TPSA) is 106 Å². The second-order valence-electron chi connectivity index (χ2n) is 9.24. The predicted molar refractivity (Wildman–Crippen MR) is 133 cm³/mol. The zero-order valence-electron chi connectivity index (χ0n) is 20.0. The molecule has 0 spiro atoms. The molecule has 0 amide bonds. The molecule has 10 nitrogen and oxygen atoms in total. The smallest absolute Gasteiger partial charge is 0.155 e. The van der Waals surface area contributed by atoms with Crippen molar-refractivity contribution in [3.05, 3.63) is 35.9 Å². The molecule has 0 bridgehead atoms. The summed E-state index contributed by atoms with van der Waals surface area (Å²) in [5, 5.41) is 23.1. The molecule has 0 aromatic carbocycles. The monoisotopic (exact) mass is 463 g/mol. The first-order chi connectivity index (χ1) is 16.6. The fourth-order valence-electron chi connectivity index (χ4n) is 4.50.